The maximum absolute atomic E-state index is 12.4. The Labute approximate surface area is 204 Å². The number of urea groups is 1. The van der Waals surface area contributed by atoms with E-state index in [0.717, 1.165) is 35.4 Å². The molecule has 0 saturated carbocycles. The van der Waals surface area contributed by atoms with Crippen molar-refractivity contribution in [2.24, 2.45) is 0 Å². The number of likely N-dealkylation sites (N-methyl/N-ethyl adjacent to an activating group) is 1. The second-order valence-electron chi connectivity index (χ2n) is 7.44. The van der Waals surface area contributed by atoms with Gasteiger partial charge in [0.2, 0.25) is 0 Å². The van der Waals surface area contributed by atoms with E-state index in [-0.39, 0.29) is 43.1 Å². The monoisotopic (exact) mass is 497 g/mol. The Balaban J connectivity index is 0.00000181. The molecular weight excluding hydrogens is 473 g/mol. The normalized spacial score (nSPS) is 13.8. The highest BCUT2D eigenvalue weighted by atomic mass is 35.5. The number of halogens is 3. The van der Waals surface area contributed by atoms with Crippen LogP contribution in [0.2, 0.25) is 5.02 Å². The Morgan fingerprint density at radius 1 is 1.09 bits per heavy atom. The molecule has 2 heterocycles. The zero-order valence-electron chi connectivity index (χ0n) is 17.5. The second-order valence-corrected chi connectivity index (χ2v) is 7.87. The summed E-state index contributed by atoms with van der Waals surface area (Å²) in [4.78, 5) is 20.8. The maximum Gasteiger partial charge on any atom is 0.317 e. The molecule has 32 heavy (non-hydrogen) atoms. The third kappa shape index (κ3) is 6.07. The average Bonchev–Trinajstić information content (AvgIpc) is 2.74. The highest BCUT2D eigenvalue weighted by Gasteiger charge is 2.19. The highest BCUT2D eigenvalue weighted by molar-refractivity contribution is 6.31. The fourth-order valence-corrected chi connectivity index (χ4v) is 3.65. The Morgan fingerprint density at radius 2 is 1.84 bits per heavy atom. The van der Waals surface area contributed by atoms with Crippen molar-refractivity contribution in [2.75, 3.05) is 38.5 Å². The smallest absolute Gasteiger partial charge is 0.317 e. The summed E-state index contributed by atoms with van der Waals surface area (Å²) in [6.07, 6.45) is 1.72. The van der Waals surface area contributed by atoms with Crippen LogP contribution in [0.25, 0.3) is 10.9 Å². The summed E-state index contributed by atoms with van der Waals surface area (Å²) in [5, 5.41) is 18.1. The number of nitrogens with zero attached hydrogens (tertiary/aromatic N) is 3. The molecular formula is C22H26Cl3N5O2. The van der Waals surface area contributed by atoms with Crippen molar-refractivity contribution in [3.8, 4) is 5.75 Å². The van der Waals surface area contributed by atoms with E-state index >= 15 is 0 Å². The van der Waals surface area contributed by atoms with Gasteiger partial charge in [0.25, 0.3) is 0 Å². The zero-order valence-corrected chi connectivity index (χ0v) is 19.9. The first kappa shape index (κ1) is 25.8. The Morgan fingerprint density at radius 3 is 2.59 bits per heavy atom. The van der Waals surface area contributed by atoms with E-state index in [1.165, 1.54) is 0 Å². The van der Waals surface area contributed by atoms with Crippen LogP contribution < -0.4 is 10.6 Å². The molecule has 2 amide bonds. The summed E-state index contributed by atoms with van der Waals surface area (Å²) < 4.78 is 0. The fraction of sp³-hybridized carbons (Fsp3) is 0.273. The number of anilines is 2. The SMILES string of the molecule is CN1CCN(C(=O)NCc2cc(Nc3ccnc4cc(Cl)ccc34)ccc2O)CC1.Cl.Cl. The number of phenolic OH excluding ortho intramolecular Hbond substituents is 1. The van der Waals surface area contributed by atoms with Crippen LogP contribution in [0.5, 0.6) is 5.75 Å². The van der Waals surface area contributed by atoms with Gasteiger partial charge >= 0.3 is 6.03 Å². The lowest BCUT2D eigenvalue weighted by Gasteiger charge is -2.32. The Bertz CT molecular complexity index is 1070. The lowest BCUT2D eigenvalue weighted by molar-refractivity contribution is 0.154. The minimum absolute atomic E-state index is 0. The van der Waals surface area contributed by atoms with Crippen molar-refractivity contribution in [1.29, 1.82) is 0 Å². The number of benzene rings is 2. The molecule has 3 aromatic rings. The molecule has 7 nitrogen and oxygen atoms in total. The van der Waals surface area contributed by atoms with Gasteiger partial charge in [-0.05, 0) is 49.5 Å². The third-order valence-electron chi connectivity index (χ3n) is 5.28. The van der Waals surface area contributed by atoms with Gasteiger partial charge in [0.1, 0.15) is 5.75 Å². The number of phenols is 1. The molecule has 2 aromatic carbocycles. The number of fused-ring (bicyclic) bond motifs is 1. The van der Waals surface area contributed by atoms with Crippen molar-refractivity contribution in [3.63, 3.8) is 0 Å². The number of carbonyl (C=O) groups excluding carboxylic acids is 1. The predicted octanol–water partition coefficient (Wildman–Crippen LogP) is 4.64. The van der Waals surface area contributed by atoms with Crippen LogP contribution in [0.3, 0.4) is 0 Å². The van der Waals surface area contributed by atoms with Crippen molar-refractivity contribution in [2.45, 2.75) is 6.54 Å². The summed E-state index contributed by atoms with van der Waals surface area (Å²) in [5.74, 6) is 0.144. The summed E-state index contributed by atoms with van der Waals surface area (Å²) >= 11 is 6.06. The molecule has 0 unspecified atom stereocenters. The van der Waals surface area contributed by atoms with E-state index in [4.69, 9.17) is 11.6 Å². The quantitative estimate of drug-likeness (QED) is 0.457. The van der Waals surface area contributed by atoms with Gasteiger partial charge in [0.05, 0.1) is 5.52 Å². The summed E-state index contributed by atoms with van der Waals surface area (Å²) in [5.41, 5.74) is 3.13. The van der Waals surface area contributed by atoms with Crippen LogP contribution in [-0.4, -0.2) is 59.1 Å². The van der Waals surface area contributed by atoms with E-state index in [0.29, 0.717) is 23.7 Å². The van der Waals surface area contributed by atoms with Gasteiger partial charge in [0.15, 0.2) is 0 Å². The predicted molar refractivity (Wildman–Crippen MR) is 134 cm³/mol. The minimum atomic E-state index is -0.113. The number of pyridine rings is 1. The number of amides is 2. The number of rotatable bonds is 4. The standard InChI is InChI=1S/C22H24ClN5O2.2ClH/c1-27-8-10-28(11-9-27)22(30)25-14-15-12-17(3-5-21(15)29)26-19-6-7-24-20-13-16(23)2-4-18(19)20;;/h2-7,12-13,29H,8-11,14H2,1H3,(H,24,26)(H,25,30);2*1H. The lowest BCUT2D eigenvalue weighted by atomic mass is 10.1. The molecule has 4 rings (SSSR count). The van der Waals surface area contributed by atoms with E-state index in [9.17, 15) is 9.90 Å². The minimum Gasteiger partial charge on any atom is -0.508 e. The average molecular weight is 499 g/mol. The number of carbonyl (C=O) groups is 1. The number of nitrogens with one attached hydrogen (secondary N) is 2. The number of hydrogen-bond acceptors (Lipinski definition) is 5. The van der Waals surface area contributed by atoms with E-state index in [1.54, 1.807) is 23.2 Å². The van der Waals surface area contributed by atoms with Gasteiger partial charge in [-0.3, -0.25) is 4.98 Å². The topological polar surface area (TPSA) is 80.7 Å². The van der Waals surface area contributed by atoms with Crippen LogP contribution >= 0.6 is 36.4 Å². The molecule has 0 atom stereocenters. The number of piperazine rings is 1. The zero-order chi connectivity index (χ0) is 21.1. The Kier molecular flexibility index (Phi) is 9.21. The number of hydrogen-bond donors (Lipinski definition) is 3. The molecule has 0 radical (unpaired) electrons. The number of aromatic hydroxyl groups is 1. The molecule has 172 valence electrons. The molecule has 0 spiro atoms. The molecule has 1 aliphatic rings. The van der Waals surface area contributed by atoms with Gasteiger partial charge < -0.3 is 25.5 Å². The summed E-state index contributed by atoms with van der Waals surface area (Å²) in [6, 6.07) is 12.6. The molecule has 1 saturated heterocycles. The summed E-state index contributed by atoms with van der Waals surface area (Å²) in [6.45, 7) is 3.38. The van der Waals surface area contributed by atoms with Gasteiger partial charge in [-0.15, -0.1) is 24.8 Å². The van der Waals surface area contributed by atoms with Gasteiger partial charge in [-0.25, -0.2) is 4.79 Å². The van der Waals surface area contributed by atoms with Crippen molar-refractivity contribution < 1.29 is 9.90 Å². The summed E-state index contributed by atoms with van der Waals surface area (Å²) in [7, 11) is 2.05. The van der Waals surface area contributed by atoms with Crippen molar-refractivity contribution >= 4 is 64.7 Å². The molecule has 1 fully saturated rings. The Hall–Kier alpha value is -2.45. The first-order valence-corrected chi connectivity index (χ1v) is 10.2. The van der Waals surface area contributed by atoms with E-state index < -0.39 is 0 Å². The first-order valence-electron chi connectivity index (χ1n) is 9.84. The highest BCUT2D eigenvalue weighted by Crippen LogP contribution is 2.29. The molecule has 3 N–H and O–H groups in total. The van der Waals surface area contributed by atoms with Gasteiger partial charge in [-0.1, -0.05) is 11.6 Å². The first-order chi connectivity index (χ1) is 14.5. The maximum atomic E-state index is 12.4. The molecule has 0 aliphatic carbocycles. The largest absolute Gasteiger partial charge is 0.508 e. The van der Waals surface area contributed by atoms with Crippen LogP contribution in [0.1, 0.15) is 5.56 Å². The van der Waals surface area contributed by atoms with Gasteiger partial charge in [0, 0.05) is 66.3 Å². The third-order valence-corrected chi connectivity index (χ3v) is 5.52. The van der Waals surface area contributed by atoms with Crippen LogP contribution in [0.4, 0.5) is 16.2 Å². The lowest BCUT2D eigenvalue weighted by Crippen LogP contribution is -2.50. The molecule has 10 heteroatoms. The van der Waals surface area contributed by atoms with Crippen LogP contribution in [0, 0.1) is 0 Å². The molecule has 1 aliphatic heterocycles. The van der Waals surface area contributed by atoms with Gasteiger partial charge in [-0.2, -0.15) is 0 Å². The fourth-order valence-electron chi connectivity index (χ4n) is 3.48. The van der Waals surface area contributed by atoms with E-state index in [1.807, 2.05) is 37.4 Å². The molecule has 1 aromatic heterocycles. The van der Waals surface area contributed by atoms with E-state index in [2.05, 4.69) is 20.5 Å². The number of aromatic nitrogens is 1. The molecule has 0 bridgehead atoms. The van der Waals surface area contributed by atoms with Crippen LogP contribution in [-0.2, 0) is 6.54 Å². The second kappa shape index (κ2) is 11.4. The van der Waals surface area contributed by atoms with Crippen molar-refractivity contribution in [1.82, 2.24) is 20.1 Å². The van der Waals surface area contributed by atoms with Crippen molar-refractivity contribution in [3.05, 3.63) is 59.2 Å². The van der Waals surface area contributed by atoms with Crippen LogP contribution in [0.15, 0.2) is 48.7 Å².